The van der Waals surface area contributed by atoms with Gasteiger partial charge < -0.3 is 41.1 Å². The number of pyridine rings is 4. The molecule has 7 heterocycles. The molecule has 0 saturated heterocycles. The van der Waals surface area contributed by atoms with Gasteiger partial charge in [0, 0.05) is 34.6 Å². The van der Waals surface area contributed by atoms with E-state index in [-0.39, 0.29) is 66.2 Å². The van der Waals surface area contributed by atoms with Gasteiger partial charge >= 0.3 is 24.4 Å². The van der Waals surface area contributed by atoms with Crippen LogP contribution >= 0.6 is 15.9 Å². The zero-order chi connectivity index (χ0) is 88.5. The van der Waals surface area contributed by atoms with Crippen molar-refractivity contribution in [3.8, 4) is 58.4 Å². The number of carbonyl (C=O) groups is 2. The second-order valence-electron chi connectivity index (χ2n) is 29.7. The third-order valence-electron chi connectivity index (χ3n) is 20.4. The van der Waals surface area contributed by atoms with Crippen LogP contribution < -0.4 is 11.5 Å². The molecule has 628 valence electrons. The van der Waals surface area contributed by atoms with E-state index in [4.69, 9.17) is 77.0 Å². The zero-order valence-corrected chi connectivity index (χ0v) is 70.9. The minimum absolute atomic E-state index is 0.0683. The van der Waals surface area contributed by atoms with Gasteiger partial charge in [-0.3, -0.25) is 24.5 Å². The molecule has 5 atom stereocenters. The monoisotopic (exact) mass is 1710 g/mol. The number of benzene rings is 2. The smallest absolute Gasteiger partial charge is 0.373 e. The lowest BCUT2D eigenvalue weighted by Gasteiger charge is -2.36. The number of rotatable bonds is 18. The van der Waals surface area contributed by atoms with E-state index in [0.29, 0.717) is 113 Å². The number of Topliss-reactive ketones (excluding diaryl/α,β-unsaturated/α-hetero) is 1. The molecule has 0 radical (unpaired) electrons. The fraction of sp³-hybridized carbons (Fsp3) is 0.407. The third kappa shape index (κ3) is 31.1. The number of ether oxygens (including phenoxy) is 1. The molecular formula is C86H99BrN18O14Si. The van der Waals surface area contributed by atoms with E-state index in [9.17, 15) is 24.9 Å². The van der Waals surface area contributed by atoms with Crippen LogP contribution in [0, 0.1) is 52.8 Å². The number of nitrogens with two attached hydrogens (primary N) is 2. The number of terminal acetylenes is 1. The summed E-state index contributed by atoms with van der Waals surface area (Å²) in [6.45, 7) is 18.9. The predicted molar refractivity (Wildman–Crippen MR) is 444 cm³/mol. The molecule has 7 aromatic heterocycles. The van der Waals surface area contributed by atoms with Gasteiger partial charge in [0.25, 0.3) is 0 Å². The number of nitrogen functional groups attached to an aromatic ring is 2. The highest BCUT2D eigenvalue weighted by atomic mass is 79.9. The quantitative estimate of drug-likeness (QED) is 0.00883. The zero-order valence-electron chi connectivity index (χ0n) is 68.3. The summed E-state index contributed by atoms with van der Waals surface area (Å²) in [5.74, 6) is 3.65. The van der Waals surface area contributed by atoms with Crippen LogP contribution in [-0.4, -0.2) is 120 Å². The summed E-state index contributed by atoms with van der Waals surface area (Å²) in [5, 5.41) is 71.3. The van der Waals surface area contributed by atoms with Crippen molar-refractivity contribution < 1.29 is 67.9 Å². The van der Waals surface area contributed by atoms with Crippen LogP contribution in [0.3, 0.4) is 0 Å². The van der Waals surface area contributed by atoms with E-state index >= 15 is 0 Å². The highest BCUT2D eigenvalue weighted by molar-refractivity contribution is 9.10. The fourth-order valence-corrected chi connectivity index (χ4v) is 14.4. The first kappa shape index (κ1) is 98.1. The van der Waals surface area contributed by atoms with Gasteiger partial charge in [-0.15, -0.1) is 11.5 Å². The molecule has 13 rings (SSSR count). The molecule has 34 heteroatoms. The Bertz CT molecular complexity index is 5130. The molecule has 9 aromatic rings. The summed E-state index contributed by atoms with van der Waals surface area (Å²) < 4.78 is 13.4. The van der Waals surface area contributed by atoms with E-state index < -0.39 is 25.1 Å². The van der Waals surface area contributed by atoms with Gasteiger partial charge in [-0.05, 0) is 201 Å². The summed E-state index contributed by atoms with van der Waals surface area (Å²) >= 11 is 3.37. The van der Waals surface area contributed by atoms with E-state index in [1.807, 2.05) is 78.9 Å². The third-order valence-corrected chi connectivity index (χ3v) is 25.4. The highest BCUT2D eigenvalue weighted by Crippen LogP contribution is 2.45. The highest BCUT2D eigenvalue weighted by Gasteiger charge is 2.41. The van der Waals surface area contributed by atoms with Crippen LogP contribution in [0.2, 0.25) is 18.1 Å². The molecule has 8 N–H and O–H groups in total. The van der Waals surface area contributed by atoms with E-state index in [1.165, 1.54) is 0 Å². The first-order valence-corrected chi connectivity index (χ1v) is 42.3. The molecule has 0 aliphatic heterocycles. The van der Waals surface area contributed by atoms with Crippen molar-refractivity contribution in [2.45, 2.75) is 199 Å². The van der Waals surface area contributed by atoms with Crippen molar-refractivity contribution in [3.63, 3.8) is 0 Å². The second-order valence-corrected chi connectivity index (χ2v) is 35.4. The lowest BCUT2D eigenvalue weighted by molar-refractivity contribution is -0.193. The number of aliphatic hydroxyl groups excluding tert-OH is 1. The Morgan fingerprint density at radius 1 is 0.650 bits per heavy atom. The minimum atomic E-state index is -1.66. The van der Waals surface area contributed by atoms with Crippen LogP contribution in [0.25, 0.3) is 44.3 Å². The van der Waals surface area contributed by atoms with E-state index in [2.05, 4.69) is 142 Å². The van der Waals surface area contributed by atoms with Crippen molar-refractivity contribution in [2.75, 3.05) is 18.1 Å². The normalized spacial score (nSPS) is 17.4. The molecule has 5 unspecified atom stereocenters. The Hall–Kier alpha value is -12.4. The maximum absolute atomic E-state index is 11.0. The summed E-state index contributed by atoms with van der Waals surface area (Å²) in [6, 6.07) is 44.5. The molecule has 0 spiro atoms. The van der Waals surface area contributed by atoms with E-state index in [0.717, 1.165) is 110 Å². The SMILES string of the molecule is C#Cc1cc(-c2cccc(C#N)c2)nc(N)n1.CC(C)(C)[Si](C)(C)OCc1cccc(Br)n1.CCC1CCC(O)(c2cccc(CN=[N+]=[N-])n2)C1.CCC1CCC(O)(c2cccc(CO)n2)C1.CCOC(=O)C1CCC(=O)C1.N#Cc1cccc(-c2cc(-c3cn(Cc4cccc(C5(O)CCCC5)n4)nn3)nc(N)n2)c1.O=C=O.O=C=O.O=C=O. The summed E-state index contributed by atoms with van der Waals surface area (Å²) in [7, 11) is -1.66. The van der Waals surface area contributed by atoms with Gasteiger partial charge in [0.05, 0.1) is 120 Å². The number of nitriles is 2. The molecule has 32 nitrogen and oxygen atoms in total. The Morgan fingerprint density at radius 2 is 1.13 bits per heavy atom. The number of anilines is 2. The van der Waals surface area contributed by atoms with Gasteiger partial charge in [0.1, 0.15) is 38.6 Å². The number of nitrogens with zero attached hydrogens (tertiary/aromatic N) is 16. The molecule has 4 aliphatic carbocycles. The van der Waals surface area contributed by atoms with Gasteiger partial charge in [-0.1, -0.05) is 125 Å². The molecule has 4 fully saturated rings. The minimum Gasteiger partial charge on any atom is -0.466 e. The summed E-state index contributed by atoms with van der Waals surface area (Å²) in [6.07, 6.45) is 20.4. The van der Waals surface area contributed by atoms with Crippen molar-refractivity contribution in [2.24, 2.45) is 22.9 Å². The topological polar surface area (TPSA) is 518 Å². The molecule has 0 bridgehead atoms. The molecule has 0 amide bonds. The van der Waals surface area contributed by atoms with Crippen molar-refractivity contribution in [1.82, 2.24) is 54.9 Å². The number of hydrogen-bond acceptors (Lipinski definition) is 29. The van der Waals surface area contributed by atoms with Gasteiger partial charge in [-0.25, -0.2) is 29.6 Å². The van der Waals surface area contributed by atoms with Crippen LogP contribution in [0.5, 0.6) is 0 Å². The molecule has 2 aromatic carbocycles. The number of ketones is 1. The molecule has 4 saturated carbocycles. The standard InChI is InChI=1S/C24H22N8O.C13H18N4O.C13H8N4.C13H19NO2.C12H20BrNOSi.C8H12O3.3CO2/c25-13-16-5-3-6-17(11-16)19-12-20(29-23(26)28-19)21-15-32(31-30-21)14-18-7-4-8-22(27-18)24(33)9-1-2-10-24;1-2-10-6-7-13(18,8-10)12-5-3-4-11(16-12)9-15-17-14;1-2-11-7-12(17-13(15)16-11)10-5-3-4-9(6-10)8-14;1-2-10-6-7-13(16,8-10)12-5-3-4-11(9-15)14-12;1-12(2,3)16(4,5)15-9-10-7-6-8-11(13)14-10;1-2-11-8(10)6-3-4-7(9)5-6;3*2-1-3/h3-8,11-12,15,33H,1-2,9-10,14H2,(H2,26,28,29);3-5,10,18H,2,6-9H2,1H3;1,3-7H,(H2,15,16,17);3-5,10,15-16H,2,6-9H2,1H3;6-8H,9H2,1-5H3;6H,2-5H2,1H3;;;. The molecule has 120 heavy (non-hydrogen) atoms. The van der Waals surface area contributed by atoms with Crippen LogP contribution in [0.15, 0.2) is 149 Å². The summed E-state index contributed by atoms with van der Waals surface area (Å²) in [5.41, 5.74) is 28.0. The van der Waals surface area contributed by atoms with Crippen molar-refractivity contribution >= 4 is 66.4 Å². The van der Waals surface area contributed by atoms with Gasteiger partial charge in [0.2, 0.25) is 11.9 Å². The first-order chi connectivity index (χ1) is 57.3. The number of aliphatic hydroxyl groups is 4. The maximum atomic E-state index is 11.0. The van der Waals surface area contributed by atoms with Gasteiger partial charge in [0.15, 0.2) is 8.32 Å². The average Bonchev–Trinajstić information content (AvgIpc) is 1.64. The number of halogens is 1. The van der Waals surface area contributed by atoms with Gasteiger partial charge in [-0.2, -0.15) is 39.3 Å². The number of carbonyl (C=O) groups excluding carboxylic acids is 8. The van der Waals surface area contributed by atoms with Crippen LogP contribution in [0.1, 0.15) is 195 Å². The molecule has 4 aliphatic rings. The lowest BCUT2D eigenvalue weighted by Crippen LogP contribution is -2.40. The predicted octanol–water partition coefficient (Wildman–Crippen LogP) is 13.4. The Morgan fingerprint density at radius 3 is 1.62 bits per heavy atom. The van der Waals surface area contributed by atoms with Crippen LogP contribution in [0.4, 0.5) is 11.9 Å². The summed E-state index contributed by atoms with van der Waals surface area (Å²) in [4.78, 5) is 108. The fourth-order valence-electron chi connectivity index (χ4n) is 13.1. The number of hydrogen-bond donors (Lipinski definition) is 6. The number of aromatic nitrogens is 11. The largest absolute Gasteiger partial charge is 0.466 e. The Labute approximate surface area is 705 Å². The van der Waals surface area contributed by atoms with Crippen molar-refractivity contribution in [3.05, 3.63) is 211 Å². The second kappa shape index (κ2) is 49.1. The Kier molecular flexibility index (Phi) is 40.1. The van der Waals surface area contributed by atoms with Crippen LogP contribution in [-0.2, 0) is 90.6 Å². The number of esters is 1. The number of azide groups is 1. The Balaban J connectivity index is 0.000000260. The lowest BCUT2D eigenvalue weighted by atomic mass is 9.94. The van der Waals surface area contributed by atoms with E-state index in [1.54, 1.807) is 72.4 Å². The average molecular weight is 1720 g/mol. The first-order valence-electron chi connectivity index (χ1n) is 38.6. The maximum Gasteiger partial charge on any atom is 0.373 e. The molecular weight excluding hydrogens is 1620 g/mol. The van der Waals surface area contributed by atoms with Crippen molar-refractivity contribution in [1.29, 1.82) is 10.5 Å².